The molecule has 0 bridgehead atoms. The molecule has 0 fully saturated rings. The molecule has 2 atom stereocenters. The number of hydrogen-bond donors (Lipinski definition) is 5. The van der Waals surface area contributed by atoms with Gasteiger partial charge >= 0.3 is 6.03 Å². The van der Waals surface area contributed by atoms with Crippen LogP contribution >= 0.6 is 0 Å². The number of benzene rings is 1. The van der Waals surface area contributed by atoms with Crippen LogP contribution in [0.2, 0.25) is 0 Å². The molecule has 1 aliphatic rings. The minimum atomic E-state index is -0.732. The van der Waals surface area contributed by atoms with Crippen LogP contribution in [0.3, 0.4) is 0 Å². The quantitative estimate of drug-likeness (QED) is 0.492. The number of aliphatic hydroxyl groups is 1. The van der Waals surface area contributed by atoms with Gasteiger partial charge in [0.25, 0.3) is 0 Å². The summed E-state index contributed by atoms with van der Waals surface area (Å²) in [6.45, 7) is 0. The maximum absolute atomic E-state index is 10.9. The predicted molar refractivity (Wildman–Crippen MR) is 67.4 cm³/mol. The number of fused-ring (bicyclic) bond motifs is 1. The maximum Gasteiger partial charge on any atom is 0.316 e. The van der Waals surface area contributed by atoms with E-state index in [9.17, 15) is 15.0 Å². The number of urea groups is 1. The third-order valence-corrected chi connectivity index (χ3v) is 3.35. The summed E-state index contributed by atoms with van der Waals surface area (Å²) in [6, 6.07) is 2.36. The van der Waals surface area contributed by atoms with Crippen LogP contribution < -0.4 is 16.4 Å². The maximum atomic E-state index is 10.9. The highest BCUT2D eigenvalue weighted by atomic mass is 16.3. The molecular formula is C12H17N3O3. The molecule has 6 heteroatoms. The zero-order valence-corrected chi connectivity index (χ0v) is 10.1. The van der Waals surface area contributed by atoms with E-state index in [1.807, 2.05) is 0 Å². The third-order valence-electron chi connectivity index (χ3n) is 3.35. The van der Waals surface area contributed by atoms with Crippen molar-refractivity contribution in [1.82, 2.24) is 5.32 Å². The zero-order valence-electron chi connectivity index (χ0n) is 10.1. The standard InChI is InChI=1S/C12H17N3O3/c1-14-8-4-2-6-7(11(8)17)3-5-9(16)10(6)15-12(13)18/h3,5,8,11,14,16-17H,2,4H2,1H3,(H3,13,15,18)/t8-,11-/m0/s1. The number of phenolic OH excluding ortho intramolecular Hbond substituents is 1. The van der Waals surface area contributed by atoms with E-state index in [0.717, 1.165) is 12.0 Å². The van der Waals surface area contributed by atoms with E-state index in [1.54, 1.807) is 13.1 Å². The number of carbonyl (C=O) groups excluding carboxylic acids is 1. The molecule has 0 aromatic heterocycles. The Kier molecular flexibility index (Phi) is 3.40. The van der Waals surface area contributed by atoms with Gasteiger partial charge in [-0.2, -0.15) is 0 Å². The van der Waals surface area contributed by atoms with Crippen molar-refractivity contribution in [1.29, 1.82) is 0 Å². The number of nitrogens with two attached hydrogens (primary N) is 1. The molecule has 0 saturated heterocycles. The first-order valence-electron chi connectivity index (χ1n) is 5.81. The predicted octanol–water partition coefficient (Wildman–Crippen LogP) is 0.450. The smallest absolute Gasteiger partial charge is 0.316 e. The Labute approximate surface area is 105 Å². The summed E-state index contributed by atoms with van der Waals surface area (Å²) in [5.41, 5.74) is 6.83. The number of aliphatic hydroxyl groups excluding tert-OH is 1. The normalized spacial score (nSPS) is 22.3. The number of aromatic hydroxyl groups is 1. The molecule has 0 saturated carbocycles. The van der Waals surface area contributed by atoms with Crippen molar-refractivity contribution < 1.29 is 15.0 Å². The van der Waals surface area contributed by atoms with Crippen molar-refractivity contribution >= 4 is 11.7 Å². The van der Waals surface area contributed by atoms with Gasteiger partial charge in [0, 0.05) is 6.04 Å². The van der Waals surface area contributed by atoms with Gasteiger partial charge in [0.05, 0.1) is 11.8 Å². The van der Waals surface area contributed by atoms with Crippen LogP contribution in [0.25, 0.3) is 0 Å². The summed E-state index contributed by atoms with van der Waals surface area (Å²) in [5, 5.41) is 25.4. The lowest BCUT2D eigenvalue weighted by molar-refractivity contribution is 0.119. The van der Waals surface area contributed by atoms with Gasteiger partial charge in [0.1, 0.15) is 5.75 Å². The lowest BCUT2D eigenvalue weighted by Crippen LogP contribution is -2.36. The van der Waals surface area contributed by atoms with Gasteiger partial charge in [-0.05, 0) is 37.1 Å². The highest BCUT2D eigenvalue weighted by Crippen LogP contribution is 2.38. The average molecular weight is 251 g/mol. The zero-order chi connectivity index (χ0) is 13.3. The number of hydrogen-bond acceptors (Lipinski definition) is 4. The van der Waals surface area contributed by atoms with Crippen molar-refractivity contribution in [3.8, 4) is 5.75 Å². The molecule has 1 aromatic rings. The Hall–Kier alpha value is -1.79. The number of carbonyl (C=O) groups is 1. The molecule has 1 aromatic carbocycles. The summed E-state index contributed by atoms with van der Waals surface area (Å²) in [7, 11) is 1.79. The molecule has 98 valence electrons. The number of primary amides is 1. The Balaban J connectivity index is 2.45. The van der Waals surface area contributed by atoms with E-state index in [1.165, 1.54) is 6.07 Å². The lowest BCUT2D eigenvalue weighted by Gasteiger charge is -2.31. The van der Waals surface area contributed by atoms with Gasteiger partial charge in [-0.3, -0.25) is 0 Å². The number of amides is 2. The Morgan fingerprint density at radius 3 is 2.83 bits per heavy atom. The minimum Gasteiger partial charge on any atom is -0.506 e. The fraction of sp³-hybridized carbons (Fsp3) is 0.417. The van der Waals surface area contributed by atoms with Crippen LogP contribution in [0.15, 0.2) is 12.1 Å². The molecule has 2 amide bonds. The van der Waals surface area contributed by atoms with Crippen LogP contribution in [0.4, 0.5) is 10.5 Å². The number of anilines is 1. The van der Waals surface area contributed by atoms with E-state index in [-0.39, 0.29) is 11.8 Å². The van der Waals surface area contributed by atoms with Crippen LogP contribution in [0, 0.1) is 0 Å². The van der Waals surface area contributed by atoms with E-state index in [4.69, 9.17) is 5.73 Å². The first-order chi connectivity index (χ1) is 8.54. The summed E-state index contributed by atoms with van der Waals surface area (Å²) in [4.78, 5) is 10.9. The molecule has 0 spiro atoms. The summed E-state index contributed by atoms with van der Waals surface area (Å²) >= 11 is 0. The topological polar surface area (TPSA) is 108 Å². The largest absolute Gasteiger partial charge is 0.506 e. The highest BCUT2D eigenvalue weighted by molar-refractivity contribution is 5.91. The Morgan fingerprint density at radius 2 is 2.22 bits per heavy atom. The number of likely N-dealkylation sites (N-methyl/N-ethyl adjacent to an activating group) is 1. The van der Waals surface area contributed by atoms with Gasteiger partial charge in [-0.25, -0.2) is 4.79 Å². The number of phenols is 1. The molecule has 0 heterocycles. The molecule has 0 aliphatic heterocycles. The molecule has 1 aliphatic carbocycles. The summed E-state index contributed by atoms with van der Waals surface area (Å²) in [5.74, 6) is -0.0392. The molecule has 0 radical (unpaired) electrons. The van der Waals surface area contributed by atoms with E-state index >= 15 is 0 Å². The lowest BCUT2D eigenvalue weighted by atomic mass is 9.84. The van der Waals surface area contributed by atoms with E-state index < -0.39 is 12.1 Å². The molecule has 2 rings (SSSR count). The van der Waals surface area contributed by atoms with Crippen molar-refractivity contribution in [2.45, 2.75) is 25.0 Å². The van der Waals surface area contributed by atoms with Crippen molar-refractivity contribution in [3.05, 3.63) is 23.3 Å². The monoisotopic (exact) mass is 251 g/mol. The van der Waals surface area contributed by atoms with Gasteiger partial charge in [-0.1, -0.05) is 6.07 Å². The van der Waals surface area contributed by atoms with Crippen LogP contribution in [0.1, 0.15) is 23.7 Å². The molecule has 0 unspecified atom stereocenters. The van der Waals surface area contributed by atoms with Crippen molar-refractivity contribution in [3.63, 3.8) is 0 Å². The van der Waals surface area contributed by atoms with Crippen LogP contribution in [0.5, 0.6) is 5.75 Å². The third kappa shape index (κ3) is 2.12. The summed E-state index contributed by atoms with van der Waals surface area (Å²) < 4.78 is 0. The fourth-order valence-corrected chi connectivity index (χ4v) is 2.44. The first-order valence-corrected chi connectivity index (χ1v) is 5.81. The second kappa shape index (κ2) is 4.83. The van der Waals surface area contributed by atoms with Gasteiger partial charge < -0.3 is 26.6 Å². The van der Waals surface area contributed by atoms with Crippen molar-refractivity contribution in [2.75, 3.05) is 12.4 Å². The molecule has 6 nitrogen and oxygen atoms in total. The average Bonchev–Trinajstić information content (AvgIpc) is 2.33. The van der Waals surface area contributed by atoms with Crippen LogP contribution in [-0.4, -0.2) is 29.3 Å². The highest BCUT2D eigenvalue weighted by Gasteiger charge is 2.29. The Morgan fingerprint density at radius 1 is 1.50 bits per heavy atom. The minimum absolute atomic E-state index is 0.0246. The second-order valence-electron chi connectivity index (χ2n) is 4.40. The van der Waals surface area contributed by atoms with E-state index in [2.05, 4.69) is 10.6 Å². The number of nitrogens with one attached hydrogen (secondary N) is 2. The van der Waals surface area contributed by atoms with E-state index in [0.29, 0.717) is 17.7 Å². The summed E-state index contributed by atoms with van der Waals surface area (Å²) in [6.07, 6.45) is 0.719. The SMILES string of the molecule is CN[C@H]1CCc2c(ccc(O)c2NC(N)=O)[C@@H]1O. The first kappa shape index (κ1) is 12.7. The fourth-order valence-electron chi connectivity index (χ4n) is 2.44. The van der Waals surface area contributed by atoms with Crippen molar-refractivity contribution in [2.24, 2.45) is 5.73 Å². The molecule has 6 N–H and O–H groups in total. The van der Waals surface area contributed by atoms with Gasteiger partial charge in [-0.15, -0.1) is 0 Å². The van der Waals surface area contributed by atoms with Gasteiger partial charge in [0.15, 0.2) is 0 Å². The van der Waals surface area contributed by atoms with Gasteiger partial charge in [0.2, 0.25) is 0 Å². The number of rotatable bonds is 2. The second-order valence-corrected chi connectivity index (χ2v) is 4.40. The Bertz CT molecular complexity index is 476. The molecule has 18 heavy (non-hydrogen) atoms. The van der Waals surface area contributed by atoms with Crippen LogP contribution in [-0.2, 0) is 6.42 Å². The molecular weight excluding hydrogens is 234 g/mol.